The lowest BCUT2D eigenvalue weighted by Crippen LogP contribution is -1.95. The van der Waals surface area contributed by atoms with Crippen LogP contribution in [0.25, 0.3) is 126 Å². The Bertz CT molecular complexity index is 3850. The third-order valence-electron chi connectivity index (χ3n) is 12.5. The van der Waals surface area contributed by atoms with Gasteiger partial charge in [0.05, 0.1) is 11.0 Å². The van der Waals surface area contributed by atoms with Gasteiger partial charge in [-0.2, -0.15) is 0 Å². The van der Waals surface area contributed by atoms with Crippen LogP contribution in [-0.2, 0) is 0 Å². The van der Waals surface area contributed by atoms with Crippen LogP contribution in [0.4, 0.5) is 0 Å². The second-order valence-electron chi connectivity index (χ2n) is 15.7. The third kappa shape index (κ3) is 4.54. The molecule has 0 radical (unpaired) electrons. The molecular formula is C56H33NO. The largest absolute Gasteiger partial charge is 0.456 e. The number of benzene rings is 11. The van der Waals surface area contributed by atoms with E-state index in [2.05, 4.69) is 205 Å². The first-order valence-electron chi connectivity index (χ1n) is 20.0. The fourth-order valence-electron chi connectivity index (χ4n) is 9.77. The first-order chi connectivity index (χ1) is 28.7. The number of furan rings is 1. The quantitative estimate of drug-likeness (QED) is 0.131. The molecule has 58 heavy (non-hydrogen) atoms. The lowest BCUT2D eigenvalue weighted by Gasteiger charge is -2.15. The molecule has 0 atom stereocenters. The van der Waals surface area contributed by atoms with Crippen LogP contribution >= 0.6 is 0 Å². The minimum absolute atomic E-state index is 0.897. The van der Waals surface area contributed by atoms with E-state index in [1.165, 1.54) is 97.9 Å². The molecule has 0 spiro atoms. The van der Waals surface area contributed by atoms with Gasteiger partial charge in [0, 0.05) is 32.6 Å². The van der Waals surface area contributed by atoms with Gasteiger partial charge in [0.1, 0.15) is 11.2 Å². The van der Waals surface area contributed by atoms with Gasteiger partial charge in [-0.25, -0.2) is 0 Å². The Hall–Kier alpha value is -7.68. The van der Waals surface area contributed by atoms with Crippen LogP contribution in [0.1, 0.15) is 0 Å². The zero-order chi connectivity index (χ0) is 37.9. The maximum atomic E-state index is 6.44. The average Bonchev–Trinajstić information content (AvgIpc) is 3.83. The van der Waals surface area contributed by atoms with Gasteiger partial charge in [-0.15, -0.1) is 0 Å². The van der Waals surface area contributed by atoms with E-state index < -0.39 is 0 Å². The van der Waals surface area contributed by atoms with E-state index >= 15 is 0 Å². The van der Waals surface area contributed by atoms with E-state index in [9.17, 15) is 0 Å². The zero-order valence-corrected chi connectivity index (χ0v) is 31.4. The first kappa shape index (κ1) is 31.5. The number of rotatable bonds is 3. The van der Waals surface area contributed by atoms with Crippen LogP contribution in [0.3, 0.4) is 0 Å². The number of hydrogen-bond donors (Lipinski definition) is 0. The predicted octanol–water partition coefficient (Wildman–Crippen LogP) is 15.8. The summed E-state index contributed by atoms with van der Waals surface area (Å²) < 4.78 is 8.90. The highest BCUT2D eigenvalue weighted by Gasteiger charge is 2.19. The van der Waals surface area contributed by atoms with E-state index in [-0.39, 0.29) is 0 Å². The molecule has 2 heteroatoms. The molecule has 0 fully saturated rings. The van der Waals surface area contributed by atoms with Crippen LogP contribution in [0.5, 0.6) is 0 Å². The summed E-state index contributed by atoms with van der Waals surface area (Å²) in [5.74, 6) is 0. The summed E-state index contributed by atoms with van der Waals surface area (Å²) in [7, 11) is 0. The molecule has 0 bridgehead atoms. The summed E-state index contributed by atoms with van der Waals surface area (Å²) >= 11 is 0. The lowest BCUT2D eigenvalue weighted by atomic mass is 9.90. The SMILES string of the molecule is c1ccc(-n2c3ccccc3c3ccc4c5ccccc5c5cc(-c6ccc7oc8ccc(-c9ccc%10cc%11ccccc%11cc%10c9)cc8c7c6)ccc5c4c32)cc1. The summed E-state index contributed by atoms with van der Waals surface area (Å²) in [4.78, 5) is 0. The molecule has 0 aliphatic carbocycles. The second kappa shape index (κ2) is 11.9. The molecular weight excluding hydrogens is 703 g/mol. The molecule has 0 aliphatic heterocycles. The topological polar surface area (TPSA) is 18.1 Å². The van der Waals surface area contributed by atoms with Crippen molar-refractivity contribution in [1.29, 1.82) is 0 Å². The molecule has 0 saturated carbocycles. The number of hydrogen-bond acceptors (Lipinski definition) is 1. The molecule has 0 unspecified atom stereocenters. The molecule has 2 heterocycles. The van der Waals surface area contributed by atoms with Crippen molar-refractivity contribution in [3.05, 3.63) is 200 Å². The Morgan fingerprint density at radius 1 is 0.293 bits per heavy atom. The Labute approximate surface area is 333 Å². The predicted molar refractivity (Wildman–Crippen MR) is 246 cm³/mol. The van der Waals surface area contributed by atoms with Gasteiger partial charge in [0.25, 0.3) is 0 Å². The van der Waals surface area contributed by atoms with Crippen molar-refractivity contribution in [2.45, 2.75) is 0 Å². The summed E-state index contributed by atoms with van der Waals surface area (Å²) in [5, 5.41) is 17.4. The van der Waals surface area contributed by atoms with Crippen LogP contribution < -0.4 is 0 Å². The van der Waals surface area contributed by atoms with Crippen LogP contribution in [0.2, 0.25) is 0 Å². The maximum absolute atomic E-state index is 6.44. The van der Waals surface area contributed by atoms with E-state index in [1.807, 2.05) is 0 Å². The molecule has 0 aliphatic rings. The minimum atomic E-state index is 0.897. The lowest BCUT2D eigenvalue weighted by molar-refractivity contribution is 0.669. The Morgan fingerprint density at radius 3 is 1.53 bits per heavy atom. The first-order valence-corrected chi connectivity index (χ1v) is 20.0. The molecule has 11 aromatic carbocycles. The van der Waals surface area contributed by atoms with Gasteiger partial charge in [-0.05, 0) is 137 Å². The molecule has 13 rings (SSSR count). The monoisotopic (exact) mass is 735 g/mol. The smallest absolute Gasteiger partial charge is 0.135 e. The summed E-state index contributed by atoms with van der Waals surface area (Å²) in [6.07, 6.45) is 0. The summed E-state index contributed by atoms with van der Waals surface area (Å²) in [5.41, 5.74) is 10.1. The molecule has 2 nitrogen and oxygen atoms in total. The van der Waals surface area contributed by atoms with E-state index in [1.54, 1.807) is 0 Å². The highest BCUT2D eigenvalue weighted by atomic mass is 16.3. The van der Waals surface area contributed by atoms with Gasteiger partial charge in [-0.1, -0.05) is 133 Å². The van der Waals surface area contributed by atoms with Crippen molar-refractivity contribution >= 4 is 97.6 Å². The van der Waals surface area contributed by atoms with Crippen molar-refractivity contribution in [3.63, 3.8) is 0 Å². The van der Waals surface area contributed by atoms with Crippen molar-refractivity contribution in [1.82, 2.24) is 4.57 Å². The van der Waals surface area contributed by atoms with Crippen LogP contribution in [-0.4, -0.2) is 4.57 Å². The normalized spacial score (nSPS) is 12.1. The molecule has 268 valence electrons. The molecule has 0 saturated heterocycles. The Balaban J connectivity index is 1.01. The van der Waals surface area contributed by atoms with Crippen molar-refractivity contribution in [2.24, 2.45) is 0 Å². The number of para-hydroxylation sites is 2. The van der Waals surface area contributed by atoms with Crippen LogP contribution in [0, 0.1) is 0 Å². The van der Waals surface area contributed by atoms with Gasteiger partial charge < -0.3 is 8.98 Å². The van der Waals surface area contributed by atoms with E-state index in [0.717, 1.165) is 27.6 Å². The number of fused-ring (bicyclic) bond motifs is 15. The summed E-state index contributed by atoms with van der Waals surface area (Å²) in [6, 6.07) is 73.4. The van der Waals surface area contributed by atoms with Gasteiger partial charge >= 0.3 is 0 Å². The van der Waals surface area contributed by atoms with Crippen molar-refractivity contribution in [3.8, 4) is 27.9 Å². The van der Waals surface area contributed by atoms with Gasteiger partial charge in [-0.3, -0.25) is 0 Å². The highest BCUT2D eigenvalue weighted by Crippen LogP contribution is 2.44. The van der Waals surface area contributed by atoms with Gasteiger partial charge in [0.2, 0.25) is 0 Å². The Morgan fingerprint density at radius 2 is 0.793 bits per heavy atom. The Kier molecular flexibility index (Phi) is 6.47. The fraction of sp³-hybridized carbons (Fsp3) is 0. The number of aromatic nitrogens is 1. The number of nitrogens with zero attached hydrogens (tertiary/aromatic N) is 1. The molecule has 0 amide bonds. The average molecular weight is 736 g/mol. The highest BCUT2D eigenvalue weighted by molar-refractivity contribution is 6.33. The molecule has 13 aromatic rings. The fourth-order valence-corrected chi connectivity index (χ4v) is 9.77. The van der Waals surface area contributed by atoms with Crippen molar-refractivity contribution < 1.29 is 4.42 Å². The van der Waals surface area contributed by atoms with Crippen LogP contribution in [0.15, 0.2) is 205 Å². The molecule has 2 aromatic heterocycles. The van der Waals surface area contributed by atoms with Crippen molar-refractivity contribution in [2.75, 3.05) is 0 Å². The zero-order valence-electron chi connectivity index (χ0n) is 31.4. The van der Waals surface area contributed by atoms with E-state index in [4.69, 9.17) is 4.42 Å². The molecule has 0 N–H and O–H groups in total. The summed E-state index contributed by atoms with van der Waals surface area (Å²) in [6.45, 7) is 0. The van der Waals surface area contributed by atoms with Gasteiger partial charge in [0.15, 0.2) is 0 Å². The second-order valence-corrected chi connectivity index (χ2v) is 15.7. The third-order valence-corrected chi connectivity index (χ3v) is 12.5. The standard InChI is InChI=1S/C56H33NO/c1-2-12-42(13-3-1)57-52-17-9-8-16-45(52)48-25-24-46-43-14-6-7-15-44(43)49-31-38(20-23-47(49)55(46)56(48)57)40-22-27-54-51(33-40)50-32-39(21-26-53(50)58-54)36-18-19-37-28-34-10-4-5-11-35(34)29-41(37)30-36/h1-33H. The van der Waals surface area contributed by atoms with E-state index in [0.29, 0.717) is 0 Å². The minimum Gasteiger partial charge on any atom is -0.456 e. The maximum Gasteiger partial charge on any atom is 0.135 e.